The highest BCUT2D eigenvalue weighted by molar-refractivity contribution is 5.43. The van der Waals surface area contributed by atoms with E-state index >= 15 is 0 Å². The zero-order chi connectivity index (χ0) is 10.5. The van der Waals surface area contributed by atoms with Crippen molar-refractivity contribution in [3.63, 3.8) is 0 Å². The lowest BCUT2D eigenvalue weighted by molar-refractivity contribution is -0.388. The minimum atomic E-state index is 0.838. The molecule has 3 N–H and O–H groups in total. The molecule has 0 aliphatic carbocycles. The van der Waals surface area contributed by atoms with Crippen molar-refractivity contribution in [2.75, 3.05) is 5.01 Å². The van der Waals surface area contributed by atoms with Crippen molar-refractivity contribution < 1.29 is 5.84 Å². The molecule has 0 aliphatic rings. The smallest absolute Gasteiger partial charge is 0.0929 e. The second kappa shape index (κ2) is 4.62. The van der Waals surface area contributed by atoms with Gasteiger partial charge in [-0.05, 0) is 17.7 Å². The molecular formula is C13H15N2+. The average molecular weight is 199 g/mol. The van der Waals surface area contributed by atoms with Crippen molar-refractivity contribution in [2.24, 2.45) is 0 Å². The van der Waals surface area contributed by atoms with Crippen molar-refractivity contribution in [3.8, 4) is 0 Å². The molecule has 0 radical (unpaired) electrons. The van der Waals surface area contributed by atoms with Gasteiger partial charge in [-0.25, -0.2) is 5.01 Å². The summed E-state index contributed by atoms with van der Waals surface area (Å²) in [6.07, 6.45) is 0. The fraction of sp³-hybridized carbons (Fsp3) is 0.0769. The van der Waals surface area contributed by atoms with E-state index in [9.17, 15) is 0 Å². The Hall–Kier alpha value is -1.80. The van der Waals surface area contributed by atoms with Gasteiger partial charge < -0.3 is 0 Å². The van der Waals surface area contributed by atoms with Crippen LogP contribution in [-0.2, 0) is 6.54 Å². The highest BCUT2D eigenvalue weighted by Crippen LogP contribution is 2.11. The molecule has 2 aromatic rings. The molecule has 0 fully saturated rings. The van der Waals surface area contributed by atoms with E-state index in [1.807, 2.05) is 41.4 Å². The van der Waals surface area contributed by atoms with Gasteiger partial charge in [-0.15, -0.1) is 0 Å². The number of para-hydroxylation sites is 1. The first kappa shape index (κ1) is 9.74. The molecule has 15 heavy (non-hydrogen) atoms. The Kier molecular flexibility index (Phi) is 3.00. The summed E-state index contributed by atoms with van der Waals surface area (Å²) in [7, 11) is 0. The number of nitrogens with zero attached hydrogens (tertiary/aromatic N) is 1. The Morgan fingerprint density at radius 3 is 1.93 bits per heavy atom. The van der Waals surface area contributed by atoms with Gasteiger partial charge in [-0.3, -0.25) is 5.84 Å². The molecule has 0 saturated heterocycles. The van der Waals surface area contributed by atoms with E-state index in [1.54, 1.807) is 0 Å². The summed E-state index contributed by atoms with van der Waals surface area (Å²) in [5.41, 5.74) is 2.41. The zero-order valence-electron chi connectivity index (χ0n) is 8.63. The van der Waals surface area contributed by atoms with Crippen LogP contribution in [0.15, 0.2) is 60.7 Å². The Labute approximate surface area is 89.9 Å². The molecule has 2 heteroatoms. The molecule has 0 bridgehead atoms. The third-order valence-corrected chi connectivity index (χ3v) is 2.34. The molecule has 76 valence electrons. The van der Waals surface area contributed by atoms with E-state index in [2.05, 4.69) is 30.1 Å². The summed E-state index contributed by atoms with van der Waals surface area (Å²) in [6.45, 7) is 0.838. The first-order chi connectivity index (χ1) is 7.36. The van der Waals surface area contributed by atoms with Crippen LogP contribution < -0.4 is 10.9 Å². The zero-order valence-corrected chi connectivity index (χ0v) is 8.63. The van der Waals surface area contributed by atoms with Gasteiger partial charge >= 0.3 is 0 Å². The molecule has 0 amide bonds. The lowest BCUT2D eigenvalue weighted by atomic mass is 10.2. The van der Waals surface area contributed by atoms with E-state index in [1.165, 1.54) is 5.56 Å². The summed E-state index contributed by atoms with van der Waals surface area (Å²) in [5.74, 6) is 4.04. The van der Waals surface area contributed by atoms with Gasteiger partial charge in [0, 0.05) is 0 Å². The third-order valence-electron chi connectivity index (χ3n) is 2.34. The van der Waals surface area contributed by atoms with Gasteiger partial charge in [-0.2, -0.15) is 0 Å². The topological polar surface area (TPSA) is 30.9 Å². The number of rotatable bonds is 3. The second-order valence-corrected chi connectivity index (χ2v) is 3.52. The van der Waals surface area contributed by atoms with Crippen LogP contribution in [0.1, 0.15) is 5.56 Å². The van der Waals surface area contributed by atoms with Gasteiger partial charge in [0.05, 0.1) is 12.2 Å². The number of quaternary nitrogens is 1. The van der Waals surface area contributed by atoms with Crippen LogP contribution in [0.25, 0.3) is 0 Å². The summed E-state index contributed by atoms with van der Waals surface area (Å²) in [5, 5.41) is 2.00. The van der Waals surface area contributed by atoms with Crippen molar-refractivity contribution in [3.05, 3.63) is 66.2 Å². The normalized spacial score (nSPS) is 9.93. The Balaban J connectivity index is 2.08. The van der Waals surface area contributed by atoms with Crippen molar-refractivity contribution in [1.29, 1.82) is 0 Å². The molecule has 0 heterocycles. The van der Waals surface area contributed by atoms with Crippen LogP contribution in [0.5, 0.6) is 0 Å². The van der Waals surface area contributed by atoms with Gasteiger partial charge in [-0.1, -0.05) is 48.5 Å². The Bertz CT molecular complexity index is 397. The van der Waals surface area contributed by atoms with Crippen LogP contribution >= 0.6 is 0 Å². The fourth-order valence-electron chi connectivity index (χ4n) is 1.53. The summed E-state index contributed by atoms with van der Waals surface area (Å²) >= 11 is 0. The minimum absolute atomic E-state index is 0.838. The molecule has 0 aliphatic heterocycles. The van der Waals surface area contributed by atoms with Crippen molar-refractivity contribution in [1.82, 2.24) is 0 Å². The molecule has 2 nitrogen and oxygen atoms in total. The third kappa shape index (κ3) is 2.58. The summed E-state index contributed by atoms with van der Waals surface area (Å²) in [6, 6.07) is 20.5. The number of hydrogen-bond acceptors (Lipinski definition) is 1. The summed E-state index contributed by atoms with van der Waals surface area (Å²) < 4.78 is 0. The standard InChI is InChI=1S/C13H14N2/c14-15(13-9-5-2-6-10-13)11-12-7-3-1-4-8-12/h1-10H,11,14H2/p+1. The quantitative estimate of drug-likeness (QED) is 0.751. The molecule has 0 unspecified atom stereocenters. The largest absolute Gasteiger partial charge is 0.255 e. The molecular weight excluding hydrogens is 184 g/mol. The lowest BCUT2D eigenvalue weighted by Gasteiger charge is -2.14. The average Bonchev–Trinajstić information content (AvgIpc) is 2.31. The van der Waals surface area contributed by atoms with E-state index in [-0.39, 0.29) is 0 Å². The maximum Gasteiger partial charge on any atom is 0.0929 e. The highest BCUT2D eigenvalue weighted by atomic mass is 15.4. The SMILES string of the molecule is [NH3+]N(Cc1ccccc1)c1ccccc1. The van der Waals surface area contributed by atoms with E-state index in [4.69, 9.17) is 0 Å². The number of benzene rings is 2. The second-order valence-electron chi connectivity index (χ2n) is 3.52. The lowest BCUT2D eigenvalue weighted by Crippen LogP contribution is -2.67. The van der Waals surface area contributed by atoms with E-state index < -0.39 is 0 Å². The fourth-order valence-corrected chi connectivity index (χ4v) is 1.53. The van der Waals surface area contributed by atoms with Crippen LogP contribution in [0.4, 0.5) is 5.69 Å². The number of hydrogen-bond donors (Lipinski definition) is 1. The monoisotopic (exact) mass is 199 g/mol. The molecule has 0 saturated carbocycles. The maximum absolute atomic E-state index is 4.04. The first-order valence-corrected chi connectivity index (χ1v) is 5.03. The molecule has 2 rings (SSSR count). The minimum Gasteiger partial charge on any atom is -0.255 e. The van der Waals surface area contributed by atoms with Crippen LogP contribution in [0, 0.1) is 0 Å². The van der Waals surface area contributed by atoms with Crippen molar-refractivity contribution >= 4 is 5.69 Å². The Morgan fingerprint density at radius 2 is 1.33 bits per heavy atom. The van der Waals surface area contributed by atoms with E-state index in [0.717, 1.165) is 12.2 Å². The van der Waals surface area contributed by atoms with Gasteiger partial charge in [0.25, 0.3) is 0 Å². The predicted molar refractivity (Wildman–Crippen MR) is 62.0 cm³/mol. The molecule has 2 aromatic carbocycles. The van der Waals surface area contributed by atoms with Crippen LogP contribution in [0.3, 0.4) is 0 Å². The maximum atomic E-state index is 4.04. The van der Waals surface area contributed by atoms with Crippen molar-refractivity contribution in [2.45, 2.75) is 6.54 Å². The molecule has 0 spiro atoms. The highest BCUT2D eigenvalue weighted by Gasteiger charge is 2.03. The van der Waals surface area contributed by atoms with Gasteiger partial charge in [0.2, 0.25) is 0 Å². The molecule has 0 atom stereocenters. The predicted octanol–water partition coefficient (Wildman–Crippen LogP) is 1.85. The molecule has 0 aromatic heterocycles. The van der Waals surface area contributed by atoms with E-state index in [0.29, 0.717) is 0 Å². The van der Waals surface area contributed by atoms with Crippen LogP contribution in [0.2, 0.25) is 0 Å². The first-order valence-electron chi connectivity index (χ1n) is 5.03. The summed E-state index contributed by atoms with van der Waals surface area (Å²) in [4.78, 5) is 0. The van der Waals surface area contributed by atoms with Gasteiger partial charge in [0.1, 0.15) is 0 Å². The van der Waals surface area contributed by atoms with Gasteiger partial charge in [0.15, 0.2) is 0 Å². The Morgan fingerprint density at radius 1 is 0.800 bits per heavy atom. The number of anilines is 1. The van der Waals surface area contributed by atoms with Crippen LogP contribution in [-0.4, -0.2) is 0 Å².